The molecule has 140 valence electrons. The van der Waals surface area contributed by atoms with E-state index in [0.717, 1.165) is 24.4 Å². The topological polar surface area (TPSA) is 97.3 Å². The summed E-state index contributed by atoms with van der Waals surface area (Å²) in [5.74, 6) is 0.163. The summed E-state index contributed by atoms with van der Waals surface area (Å²) in [6.07, 6.45) is 0.765. The molecule has 0 fully saturated rings. The third kappa shape index (κ3) is 4.98. The van der Waals surface area contributed by atoms with E-state index < -0.39 is 0 Å². The van der Waals surface area contributed by atoms with Gasteiger partial charge in [0.1, 0.15) is 5.75 Å². The predicted octanol–water partition coefficient (Wildman–Crippen LogP) is 2.08. The number of aromatic nitrogens is 2. The fourth-order valence-corrected chi connectivity index (χ4v) is 2.61. The van der Waals surface area contributed by atoms with Crippen LogP contribution in [0.2, 0.25) is 0 Å². The van der Waals surface area contributed by atoms with E-state index in [-0.39, 0.29) is 11.9 Å². The Labute approximate surface area is 152 Å². The molecule has 0 aliphatic rings. The van der Waals surface area contributed by atoms with Gasteiger partial charge in [-0.1, -0.05) is 0 Å². The Hall–Kier alpha value is -3.03. The number of rotatable bonds is 7. The second-order valence-corrected chi connectivity index (χ2v) is 5.88. The molecule has 2 rings (SSSR count). The van der Waals surface area contributed by atoms with Crippen LogP contribution in [-0.2, 0) is 6.54 Å². The van der Waals surface area contributed by atoms with Gasteiger partial charge in [-0.15, -0.1) is 0 Å². The van der Waals surface area contributed by atoms with Crippen LogP contribution in [0.25, 0.3) is 0 Å². The molecule has 1 aromatic heterocycles. The lowest BCUT2D eigenvalue weighted by molar-refractivity contribution is 0.0960. The minimum absolute atomic E-state index is 0.282. The Morgan fingerprint density at radius 2 is 2.00 bits per heavy atom. The average Bonchev–Trinajstić information content (AvgIpc) is 2.95. The van der Waals surface area contributed by atoms with Crippen molar-refractivity contribution in [1.29, 1.82) is 0 Å². The van der Waals surface area contributed by atoms with Gasteiger partial charge in [0.2, 0.25) is 0 Å². The zero-order valence-electron chi connectivity index (χ0n) is 15.5. The fraction of sp³-hybridized carbons (Fsp3) is 0.389. The maximum atomic E-state index is 12.0. The number of hydrogen-bond donors (Lipinski definition) is 3. The van der Waals surface area contributed by atoms with E-state index in [0.29, 0.717) is 23.5 Å². The molecule has 3 N–H and O–H groups in total. The monoisotopic (exact) mass is 359 g/mol. The van der Waals surface area contributed by atoms with Crippen molar-refractivity contribution in [3.05, 3.63) is 41.2 Å². The summed E-state index contributed by atoms with van der Waals surface area (Å²) in [5, 5.41) is 12.4. The number of methoxy groups -OCH3 is 1. The molecule has 0 aliphatic carbocycles. The summed E-state index contributed by atoms with van der Waals surface area (Å²) < 4.78 is 7.09. The van der Waals surface area contributed by atoms with Gasteiger partial charge < -0.3 is 20.7 Å². The molecule has 0 spiro atoms. The zero-order chi connectivity index (χ0) is 19.1. The number of anilines is 1. The molecule has 0 bridgehead atoms. The van der Waals surface area contributed by atoms with Crippen LogP contribution in [-0.4, -0.2) is 42.4 Å². The number of benzene rings is 1. The lowest BCUT2D eigenvalue weighted by atomic mass is 10.1. The van der Waals surface area contributed by atoms with E-state index in [4.69, 9.17) is 4.74 Å². The highest BCUT2D eigenvalue weighted by atomic mass is 16.5. The van der Waals surface area contributed by atoms with Crippen molar-refractivity contribution in [2.45, 2.75) is 26.8 Å². The third-order valence-electron chi connectivity index (χ3n) is 3.86. The SMILES string of the molecule is CNC(=O)c1cc(NC(=O)NCCCn2nc(C)cc2C)ccc1OC. The summed E-state index contributed by atoms with van der Waals surface area (Å²) in [6.45, 7) is 5.22. The molecule has 8 nitrogen and oxygen atoms in total. The normalized spacial score (nSPS) is 10.3. The number of amides is 3. The highest BCUT2D eigenvalue weighted by molar-refractivity contribution is 5.99. The first-order chi connectivity index (χ1) is 12.4. The molecule has 1 aromatic carbocycles. The number of nitrogens with one attached hydrogen (secondary N) is 3. The van der Waals surface area contributed by atoms with E-state index in [1.165, 1.54) is 14.2 Å². The van der Waals surface area contributed by atoms with E-state index in [1.807, 2.05) is 24.6 Å². The Balaban J connectivity index is 1.85. The van der Waals surface area contributed by atoms with Crippen LogP contribution in [0.1, 0.15) is 28.2 Å². The highest BCUT2D eigenvalue weighted by Crippen LogP contribution is 2.22. The quantitative estimate of drug-likeness (QED) is 0.659. The molecular weight excluding hydrogens is 334 g/mol. The van der Waals surface area contributed by atoms with Crippen LogP contribution in [0.15, 0.2) is 24.3 Å². The largest absolute Gasteiger partial charge is 0.496 e. The van der Waals surface area contributed by atoms with Crippen molar-refractivity contribution in [3.63, 3.8) is 0 Å². The van der Waals surface area contributed by atoms with Crippen LogP contribution in [0.5, 0.6) is 5.75 Å². The first kappa shape index (κ1) is 19.3. The number of hydrogen-bond acceptors (Lipinski definition) is 4. The van der Waals surface area contributed by atoms with Gasteiger partial charge in [0, 0.05) is 31.5 Å². The molecule has 0 atom stereocenters. The van der Waals surface area contributed by atoms with Gasteiger partial charge in [-0.3, -0.25) is 9.48 Å². The molecule has 1 heterocycles. The number of carbonyl (C=O) groups is 2. The Morgan fingerprint density at radius 1 is 1.23 bits per heavy atom. The number of nitrogens with zero attached hydrogens (tertiary/aromatic N) is 2. The first-order valence-corrected chi connectivity index (χ1v) is 8.40. The number of ether oxygens (including phenoxy) is 1. The Bertz CT molecular complexity index is 785. The lowest BCUT2D eigenvalue weighted by Gasteiger charge is -2.11. The van der Waals surface area contributed by atoms with Crippen molar-refractivity contribution in [2.24, 2.45) is 0 Å². The Morgan fingerprint density at radius 3 is 2.62 bits per heavy atom. The number of carbonyl (C=O) groups excluding carboxylic acids is 2. The third-order valence-corrected chi connectivity index (χ3v) is 3.86. The van der Waals surface area contributed by atoms with Crippen molar-refractivity contribution in [3.8, 4) is 5.75 Å². The Kier molecular flexibility index (Phi) is 6.60. The summed E-state index contributed by atoms with van der Waals surface area (Å²) in [7, 11) is 3.03. The first-order valence-electron chi connectivity index (χ1n) is 8.40. The molecule has 0 aliphatic heterocycles. The molecule has 8 heteroatoms. The molecule has 0 radical (unpaired) electrons. The van der Waals surface area contributed by atoms with Gasteiger partial charge in [-0.2, -0.15) is 5.10 Å². The van der Waals surface area contributed by atoms with Crippen LogP contribution < -0.4 is 20.7 Å². The van der Waals surface area contributed by atoms with Crippen molar-refractivity contribution < 1.29 is 14.3 Å². The van der Waals surface area contributed by atoms with Crippen LogP contribution >= 0.6 is 0 Å². The average molecular weight is 359 g/mol. The van der Waals surface area contributed by atoms with Gasteiger partial charge in [0.15, 0.2) is 0 Å². The van der Waals surface area contributed by atoms with Crippen LogP contribution in [0, 0.1) is 13.8 Å². The summed E-state index contributed by atoms with van der Waals surface area (Å²) in [5.41, 5.74) is 2.96. The molecule has 0 unspecified atom stereocenters. The van der Waals surface area contributed by atoms with Gasteiger partial charge in [-0.05, 0) is 44.5 Å². The second-order valence-electron chi connectivity index (χ2n) is 5.88. The lowest BCUT2D eigenvalue weighted by Crippen LogP contribution is -2.30. The molecule has 3 amide bonds. The fourth-order valence-electron chi connectivity index (χ4n) is 2.61. The highest BCUT2D eigenvalue weighted by Gasteiger charge is 2.12. The van der Waals surface area contributed by atoms with Gasteiger partial charge in [0.05, 0.1) is 18.4 Å². The maximum absolute atomic E-state index is 12.0. The minimum Gasteiger partial charge on any atom is -0.496 e. The van der Waals surface area contributed by atoms with Crippen LogP contribution in [0.3, 0.4) is 0 Å². The standard InChI is InChI=1S/C18H25N5O3/c1-12-10-13(2)23(22-12)9-5-8-20-18(25)21-14-6-7-16(26-4)15(11-14)17(24)19-3/h6-7,10-11H,5,8-9H2,1-4H3,(H,19,24)(H2,20,21,25). The van der Waals surface area contributed by atoms with Gasteiger partial charge >= 0.3 is 6.03 Å². The molecule has 2 aromatic rings. The minimum atomic E-state index is -0.327. The van der Waals surface area contributed by atoms with E-state index >= 15 is 0 Å². The van der Waals surface area contributed by atoms with Crippen molar-refractivity contribution >= 4 is 17.6 Å². The van der Waals surface area contributed by atoms with E-state index in [9.17, 15) is 9.59 Å². The van der Waals surface area contributed by atoms with Crippen molar-refractivity contribution in [1.82, 2.24) is 20.4 Å². The van der Waals surface area contributed by atoms with Crippen LogP contribution in [0.4, 0.5) is 10.5 Å². The second kappa shape index (κ2) is 8.89. The smallest absolute Gasteiger partial charge is 0.319 e. The summed E-state index contributed by atoms with van der Waals surface area (Å²) in [4.78, 5) is 23.9. The maximum Gasteiger partial charge on any atom is 0.319 e. The van der Waals surface area contributed by atoms with Gasteiger partial charge in [0.25, 0.3) is 5.91 Å². The van der Waals surface area contributed by atoms with Crippen molar-refractivity contribution in [2.75, 3.05) is 26.0 Å². The molecule has 26 heavy (non-hydrogen) atoms. The molecule has 0 saturated heterocycles. The molecule has 0 saturated carbocycles. The number of aryl methyl sites for hydroxylation is 3. The summed E-state index contributed by atoms with van der Waals surface area (Å²) >= 11 is 0. The van der Waals surface area contributed by atoms with Gasteiger partial charge in [-0.25, -0.2) is 4.79 Å². The molecular formula is C18H25N5O3. The zero-order valence-corrected chi connectivity index (χ0v) is 15.5. The predicted molar refractivity (Wildman–Crippen MR) is 99.7 cm³/mol. The summed E-state index contributed by atoms with van der Waals surface area (Å²) in [6, 6.07) is 6.59. The van der Waals surface area contributed by atoms with E-state index in [1.54, 1.807) is 18.2 Å². The van der Waals surface area contributed by atoms with E-state index in [2.05, 4.69) is 21.0 Å². The number of urea groups is 1.